The molecule has 0 spiro atoms. The van der Waals surface area contributed by atoms with Crippen LogP contribution in [0.25, 0.3) is 0 Å². The quantitative estimate of drug-likeness (QED) is 0.733. The molecule has 0 aliphatic carbocycles. The van der Waals surface area contributed by atoms with Crippen molar-refractivity contribution in [1.82, 2.24) is 10.2 Å². The van der Waals surface area contributed by atoms with Crippen molar-refractivity contribution in [2.45, 2.75) is 46.2 Å². The molecule has 1 atom stereocenters. The van der Waals surface area contributed by atoms with Gasteiger partial charge in [-0.05, 0) is 48.7 Å². The normalized spacial score (nSPS) is 15.1. The monoisotopic (exact) mass is 229 g/mol. The smallest absolute Gasteiger partial charge is 0.227 e. The zero-order valence-electron chi connectivity index (χ0n) is 11.7. The molecule has 0 heterocycles. The van der Waals surface area contributed by atoms with E-state index in [9.17, 15) is 4.79 Å². The van der Waals surface area contributed by atoms with Crippen LogP contribution in [-0.4, -0.2) is 43.0 Å². The first-order chi connectivity index (χ1) is 6.98. The standard InChI is InChI=1S/C12H27N3O/c1-9(8-15(6)7)14-10(16)11(2,3)12(4,5)13/h9H,8,13H2,1-7H3,(H,14,16). The molecule has 0 saturated carbocycles. The Morgan fingerprint density at radius 1 is 1.31 bits per heavy atom. The summed E-state index contributed by atoms with van der Waals surface area (Å²) in [5, 5.41) is 3.00. The summed E-state index contributed by atoms with van der Waals surface area (Å²) < 4.78 is 0. The number of likely N-dealkylation sites (N-methyl/N-ethyl adjacent to an activating group) is 1. The molecule has 0 aromatic carbocycles. The first kappa shape index (κ1) is 15.4. The minimum atomic E-state index is -0.576. The summed E-state index contributed by atoms with van der Waals surface area (Å²) in [5.41, 5.74) is 4.91. The fourth-order valence-electron chi connectivity index (χ4n) is 1.29. The fourth-order valence-corrected chi connectivity index (χ4v) is 1.29. The highest BCUT2D eigenvalue weighted by Crippen LogP contribution is 2.28. The molecule has 1 unspecified atom stereocenters. The van der Waals surface area contributed by atoms with Gasteiger partial charge in [-0.15, -0.1) is 0 Å². The van der Waals surface area contributed by atoms with Crippen LogP contribution in [0, 0.1) is 5.41 Å². The van der Waals surface area contributed by atoms with Crippen LogP contribution in [0.4, 0.5) is 0 Å². The molecule has 1 amide bonds. The molecular formula is C12H27N3O. The minimum absolute atomic E-state index is 0.00866. The molecule has 0 radical (unpaired) electrons. The molecule has 4 nitrogen and oxygen atoms in total. The van der Waals surface area contributed by atoms with Gasteiger partial charge in [-0.1, -0.05) is 0 Å². The van der Waals surface area contributed by atoms with Crippen molar-refractivity contribution in [3.8, 4) is 0 Å². The summed E-state index contributed by atoms with van der Waals surface area (Å²) in [4.78, 5) is 14.1. The van der Waals surface area contributed by atoms with Gasteiger partial charge in [0.15, 0.2) is 0 Å². The van der Waals surface area contributed by atoms with E-state index in [-0.39, 0.29) is 11.9 Å². The van der Waals surface area contributed by atoms with E-state index in [0.29, 0.717) is 0 Å². The molecule has 0 aliphatic rings. The van der Waals surface area contributed by atoms with Crippen molar-refractivity contribution in [1.29, 1.82) is 0 Å². The van der Waals surface area contributed by atoms with Gasteiger partial charge < -0.3 is 16.0 Å². The maximum Gasteiger partial charge on any atom is 0.227 e. The van der Waals surface area contributed by atoms with E-state index in [1.165, 1.54) is 0 Å². The van der Waals surface area contributed by atoms with Gasteiger partial charge in [-0.25, -0.2) is 0 Å². The van der Waals surface area contributed by atoms with Crippen LogP contribution < -0.4 is 11.1 Å². The maximum absolute atomic E-state index is 12.1. The van der Waals surface area contributed by atoms with Gasteiger partial charge in [0.05, 0.1) is 5.41 Å². The second-order valence-corrected chi connectivity index (χ2v) is 5.98. The number of nitrogens with zero attached hydrogens (tertiary/aromatic N) is 1. The number of hydrogen-bond donors (Lipinski definition) is 2. The highest BCUT2D eigenvalue weighted by molar-refractivity contribution is 5.83. The van der Waals surface area contributed by atoms with Gasteiger partial charge >= 0.3 is 0 Å². The third-order valence-corrected chi connectivity index (χ3v) is 3.20. The lowest BCUT2D eigenvalue weighted by Gasteiger charge is -2.38. The molecule has 96 valence electrons. The molecule has 0 bridgehead atoms. The zero-order valence-corrected chi connectivity index (χ0v) is 11.7. The molecule has 0 fully saturated rings. The van der Waals surface area contributed by atoms with Crippen LogP contribution >= 0.6 is 0 Å². The van der Waals surface area contributed by atoms with Crippen molar-refractivity contribution < 1.29 is 4.79 Å². The van der Waals surface area contributed by atoms with Crippen LogP contribution in [-0.2, 0) is 4.79 Å². The number of carbonyl (C=O) groups is 1. The molecule has 16 heavy (non-hydrogen) atoms. The van der Waals surface area contributed by atoms with Gasteiger partial charge in [-0.3, -0.25) is 4.79 Å². The van der Waals surface area contributed by atoms with Crippen LogP contribution in [0.5, 0.6) is 0 Å². The van der Waals surface area contributed by atoms with Crippen LogP contribution in [0.3, 0.4) is 0 Å². The van der Waals surface area contributed by atoms with Crippen molar-refractivity contribution in [2.24, 2.45) is 11.1 Å². The van der Waals surface area contributed by atoms with E-state index in [1.54, 1.807) is 0 Å². The molecule has 3 N–H and O–H groups in total. The summed E-state index contributed by atoms with van der Waals surface area (Å²) in [6, 6.07) is 0.129. The fraction of sp³-hybridized carbons (Fsp3) is 0.917. The first-order valence-electron chi connectivity index (χ1n) is 5.73. The topological polar surface area (TPSA) is 58.4 Å². The average Bonchev–Trinajstić information content (AvgIpc) is 1.99. The Kier molecular flexibility index (Phi) is 4.95. The van der Waals surface area contributed by atoms with E-state index < -0.39 is 11.0 Å². The average molecular weight is 229 g/mol. The maximum atomic E-state index is 12.1. The molecule has 0 saturated heterocycles. The lowest BCUT2D eigenvalue weighted by Crippen LogP contribution is -2.57. The third-order valence-electron chi connectivity index (χ3n) is 3.20. The van der Waals surface area contributed by atoms with Crippen molar-refractivity contribution in [3.05, 3.63) is 0 Å². The Morgan fingerprint density at radius 2 is 1.75 bits per heavy atom. The van der Waals surface area contributed by atoms with E-state index in [2.05, 4.69) is 5.32 Å². The van der Waals surface area contributed by atoms with Gasteiger partial charge in [0.2, 0.25) is 5.91 Å². The largest absolute Gasteiger partial charge is 0.352 e. The summed E-state index contributed by atoms with van der Waals surface area (Å²) in [7, 11) is 3.97. The van der Waals surface area contributed by atoms with Gasteiger partial charge in [0.1, 0.15) is 0 Å². The Bertz CT molecular complexity index is 241. The summed E-state index contributed by atoms with van der Waals surface area (Å²) >= 11 is 0. The second kappa shape index (κ2) is 5.15. The lowest BCUT2D eigenvalue weighted by atomic mass is 9.74. The van der Waals surface area contributed by atoms with E-state index in [4.69, 9.17) is 5.73 Å². The summed E-state index contributed by atoms with van der Waals surface area (Å²) in [5.74, 6) is 0.00866. The molecule has 0 aromatic heterocycles. The number of amides is 1. The minimum Gasteiger partial charge on any atom is -0.352 e. The molecule has 4 heteroatoms. The predicted molar refractivity (Wildman–Crippen MR) is 68.2 cm³/mol. The second-order valence-electron chi connectivity index (χ2n) is 5.98. The van der Waals surface area contributed by atoms with E-state index in [0.717, 1.165) is 6.54 Å². The molecular weight excluding hydrogens is 202 g/mol. The number of rotatable bonds is 5. The van der Waals surface area contributed by atoms with Gasteiger partial charge in [0.25, 0.3) is 0 Å². The Labute approximate surface area is 99.6 Å². The van der Waals surface area contributed by atoms with Gasteiger partial charge in [-0.2, -0.15) is 0 Å². The van der Waals surface area contributed by atoms with E-state index in [1.807, 2.05) is 53.6 Å². The zero-order chi connectivity index (χ0) is 13.1. The first-order valence-corrected chi connectivity index (χ1v) is 5.73. The van der Waals surface area contributed by atoms with Crippen molar-refractivity contribution in [2.75, 3.05) is 20.6 Å². The number of nitrogens with one attached hydrogen (secondary N) is 1. The van der Waals surface area contributed by atoms with Crippen LogP contribution in [0.1, 0.15) is 34.6 Å². The third kappa shape index (κ3) is 4.10. The van der Waals surface area contributed by atoms with Crippen molar-refractivity contribution >= 4 is 5.91 Å². The van der Waals surface area contributed by atoms with E-state index >= 15 is 0 Å². The Hall–Kier alpha value is -0.610. The summed E-state index contributed by atoms with van der Waals surface area (Å²) in [6.07, 6.45) is 0. The Morgan fingerprint density at radius 3 is 2.06 bits per heavy atom. The highest BCUT2D eigenvalue weighted by Gasteiger charge is 2.40. The Balaban J connectivity index is 4.47. The highest BCUT2D eigenvalue weighted by atomic mass is 16.2. The summed E-state index contributed by atoms with van der Waals surface area (Å²) in [6.45, 7) is 10.3. The van der Waals surface area contributed by atoms with Crippen molar-refractivity contribution in [3.63, 3.8) is 0 Å². The lowest BCUT2D eigenvalue weighted by molar-refractivity contribution is -0.133. The molecule has 0 aliphatic heterocycles. The molecule has 0 rings (SSSR count). The SMILES string of the molecule is CC(CN(C)C)NC(=O)C(C)(C)C(C)(C)N. The number of hydrogen-bond acceptors (Lipinski definition) is 3. The van der Waals surface area contributed by atoms with Gasteiger partial charge in [0, 0.05) is 18.1 Å². The van der Waals surface area contributed by atoms with Crippen LogP contribution in [0.2, 0.25) is 0 Å². The predicted octanol–water partition coefficient (Wildman–Crippen LogP) is 0.816. The molecule has 0 aromatic rings. The number of nitrogens with two attached hydrogens (primary N) is 1. The van der Waals surface area contributed by atoms with Crippen LogP contribution in [0.15, 0.2) is 0 Å². The number of carbonyl (C=O) groups excluding carboxylic acids is 1.